The second kappa shape index (κ2) is 6.02. The molecule has 4 nitrogen and oxygen atoms in total. The summed E-state index contributed by atoms with van der Waals surface area (Å²) < 4.78 is 0. The molecule has 2 atom stereocenters. The number of aliphatic carboxylic acids is 1. The van der Waals surface area contributed by atoms with E-state index in [4.69, 9.17) is 10.4 Å². The van der Waals surface area contributed by atoms with E-state index in [2.05, 4.69) is 5.32 Å². The maximum absolute atomic E-state index is 10.9. The number of benzene rings is 1. The Labute approximate surface area is 101 Å². The number of hydrogen-bond donors (Lipinski definition) is 2. The van der Waals surface area contributed by atoms with Gasteiger partial charge in [0, 0.05) is 6.04 Å². The van der Waals surface area contributed by atoms with Crippen LogP contribution in [-0.2, 0) is 4.79 Å². The fraction of sp³-hybridized carbons (Fsp3) is 0.385. The monoisotopic (exact) mass is 232 g/mol. The molecule has 90 valence electrons. The lowest BCUT2D eigenvalue weighted by molar-refractivity contribution is -0.139. The van der Waals surface area contributed by atoms with Gasteiger partial charge in [0.2, 0.25) is 0 Å². The quantitative estimate of drug-likeness (QED) is 0.815. The van der Waals surface area contributed by atoms with E-state index in [9.17, 15) is 4.79 Å². The minimum absolute atomic E-state index is 0.0520. The first-order chi connectivity index (χ1) is 8.08. The Kier molecular flexibility index (Phi) is 4.68. The summed E-state index contributed by atoms with van der Waals surface area (Å²) in [5.74, 6) is -0.840. The highest BCUT2D eigenvalue weighted by Gasteiger charge is 2.17. The maximum atomic E-state index is 10.9. The van der Waals surface area contributed by atoms with Gasteiger partial charge in [-0.2, -0.15) is 5.26 Å². The third-order valence-corrected chi connectivity index (χ3v) is 2.70. The largest absolute Gasteiger partial charge is 0.480 e. The van der Waals surface area contributed by atoms with Gasteiger partial charge in [-0.25, -0.2) is 0 Å². The van der Waals surface area contributed by atoms with Crippen LogP contribution in [0.5, 0.6) is 0 Å². The van der Waals surface area contributed by atoms with E-state index in [0.29, 0.717) is 12.0 Å². The molecule has 0 aliphatic heterocycles. The van der Waals surface area contributed by atoms with Crippen molar-refractivity contribution in [3.05, 3.63) is 35.4 Å². The Morgan fingerprint density at radius 1 is 1.47 bits per heavy atom. The fourth-order valence-electron chi connectivity index (χ4n) is 1.61. The average Bonchev–Trinajstić information content (AvgIpc) is 2.35. The first-order valence-corrected chi connectivity index (χ1v) is 5.57. The highest BCUT2D eigenvalue weighted by molar-refractivity contribution is 5.73. The van der Waals surface area contributed by atoms with Crippen molar-refractivity contribution in [1.29, 1.82) is 5.26 Å². The minimum Gasteiger partial charge on any atom is -0.480 e. The van der Waals surface area contributed by atoms with E-state index in [1.807, 2.05) is 32.0 Å². The molecule has 0 aliphatic carbocycles. The van der Waals surface area contributed by atoms with Crippen LogP contribution in [0.25, 0.3) is 0 Å². The lowest BCUT2D eigenvalue weighted by atomic mass is 10.0. The Bertz CT molecular complexity index is 420. The zero-order valence-electron chi connectivity index (χ0n) is 9.97. The predicted octanol–water partition coefficient (Wildman–Crippen LogP) is 2.07. The number of hydrogen-bond acceptors (Lipinski definition) is 3. The van der Waals surface area contributed by atoms with Crippen molar-refractivity contribution in [2.24, 2.45) is 0 Å². The SMILES string of the molecule is CCC(NC(C)c1ccc(C#N)cc1)C(=O)O. The summed E-state index contributed by atoms with van der Waals surface area (Å²) in [6, 6.07) is 8.59. The van der Waals surface area contributed by atoms with Crippen LogP contribution in [-0.4, -0.2) is 17.1 Å². The van der Waals surface area contributed by atoms with Crippen molar-refractivity contribution in [2.45, 2.75) is 32.4 Å². The van der Waals surface area contributed by atoms with Crippen molar-refractivity contribution in [3.63, 3.8) is 0 Å². The predicted molar refractivity (Wildman–Crippen MR) is 64.4 cm³/mol. The molecule has 0 bridgehead atoms. The summed E-state index contributed by atoms with van der Waals surface area (Å²) in [6.07, 6.45) is 0.538. The fourth-order valence-corrected chi connectivity index (χ4v) is 1.61. The molecule has 0 aliphatic rings. The van der Waals surface area contributed by atoms with E-state index in [-0.39, 0.29) is 6.04 Å². The molecule has 0 fully saturated rings. The first kappa shape index (κ1) is 13.2. The van der Waals surface area contributed by atoms with Crippen molar-refractivity contribution in [3.8, 4) is 6.07 Å². The van der Waals surface area contributed by atoms with E-state index in [0.717, 1.165) is 5.56 Å². The van der Waals surface area contributed by atoms with Crippen LogP contribution in [0.4, 0.5) is 0 Å². The highest BCUT2D eigenvalue weighted by Crippen LogP contribution is 2.14. The van der Waals surface area contributed by atoms with E-state index < -0.39 is 12.0 Å². The van der Waals surface area contributed by atoms with Gasteiger partial charge in [0.15, 0.2) is 0 Å². The molecule has 0 saturated heterocycles. The molecule has 0 saturated carbocycles. The van der Waals surface area contributed by atoms with Crippen molar-refractivity contribution in [2.75, 3.05) is 0 Å². The number of nitriles is 1. The standard InChI is InChI=1S/C13H16N2O2/c1-3-12(13(16)17)15-9(2)11-6-4-10(8-14)5-7-11/h4-7,9,12,15H,3H2,1-2H3,(H,16,17). The summed E-state index contributed by atoms with van der Waals surface area (Å²) >= 11 is 0. The van der Waals surface area contributed by atoms with Gasteiger partial charge in [-0.15, -0.1) is 0 Å². The van der Waals surface area contributed by atoms with Crippen LogP contribution in [0.1, 0.15) is 37.4 Å². The second-order valence-corrected chi connectivity index (χ2v) is 3.92. The molecular weight excluding hydrogens is 216 g/mol. The maximum Gasteiger partial charge on any atom is 0.320 e. The van der Waals surface area contributed by atoms with Gasteiger partial charge < -0.3 is 5.11 Å². The molecule has 2 unspecified atom stereocenters. The van der Waals surface area contributed by atoms with Gasteiger partial charge in [0.25, 0.3) is 0 Å². The molecule has 0 radical (unpaired) electrons. The van der Waals surface area contributed by atoms with Crippen LogP contribution in [0.2, 0.25) is 0 Å². The highest BCUT2D eigenvalue weighted by atomic mass is 16.4. The van der Waals surface area contributed by atoms with Gasteiger partial charge >= 0.3 is 5.97 Å². The summed E-state index contributed by atoms with van der Waals surface area (Å²) in [5, 5.41) is 20.7. The molecule has 0 spiro atoms. The van der Waals surface area contributed by atoms with Gasteiger partial charge in [0.05, 0.1) is 11.6 Å². The van der Waals surface area contributed by atoms with Crippen LogP contribution in [0.3, 0.4) is 0 Å². The van der Waals surface area contributed by atoms with E-state index >= 15 is 0 Å². The number of carboxylic acids is 1. The Hall–Kier alpha value is -1.86. The number of carboxylic acid groups (broad SMARTS) is 1. The molecule has 4 heteroatoms. The van der Waals surface area contributed by atoms with Gasteiger partial charge in [-0.3, -0.25) is 10.1 Å². The number of nitrogens with one attached hydrogen (secondary N) is 1. The molecule has 1 aromatic carbocycles. The molecule has 0 amide bonds. The molecule has 1 aromatic rings. The summed E-state index contributed by atoms with van der Waals surface area (Å²) in [5.41, 5.74) is 1.58. The Morgan fingerprint density at radius 2 is 2.06 bits per heavy atom. The van der Waals surface area contributed by atoms with Gasteiger partial charge in [0.1, 0.15) is 6.04 Å². The second-order valence-electron chi connectivity index (χ2n) is 3.92. The lowest BCUT2D eigenvalue weighted by Gasteiger charge is -2.19. The van der Waals surface area contributed by atoms with Crippen LogP contribution in [0.15, 0.2) is 24.3 Å². The van der Waals surface area contributed by atoms with Crippen molar-refractivity contribution in [1.82, 2.24) is 5.32 Å². The molecule has 1 rings (SSSR count). The van der Waals surface area contributed by atoms with E-state index in [1.165, 1.54) is 0 Å². The molecule has 17 heavy (non-hydrogen) atoms. The van der Waals surface area contributed by atoms with Gasteiger partial charge in [-0.1, -0.05) is 19.1 Å². The van der Waals surface area contributed by atoms with Crippen LogP contribution >= 0.6 is 0 Å². The molecule has 2 N–H and O–H groups in total. The molecule has 0 heterocycles. The smallest absolute Gasteiger partial charge is 0.320 e. The number of carbonyl (C=O) groups is 1. The van der Waals surface area contributed by atoms with Crippen molar-refractivity contribution >= 4 is 5.97 Å². The lowest BCUT2D eigenvalue weighted by Crippen LogP contribution is -2.37. The molecular formula is C13H16N2O2. The Balaban J connectivity index is 2.72. The summed E-state index contributed by atoms with van der Waals surface area (Å²) in [7, 11) is 0. The third-order valence-electron chi connectivity index (χ3n) is 2.70. The first-order valence-electron chi connectivity index (χ1n) is 5.57. The summed E-state index contributed by atoms with van der Waals surface area (Å²) in [6.45, 7) is 3.74. The normalized spacial score (nSPS) is 13.7. The van der Waals surface area contributed by atoms with Crippen LogP contribution < -0.4 is 5.32 Å². The van der Waals surface area contributed by atoms with E-state index in [1.54, 1.807) is 12.1 Å². The average molecular weight is 232 g/mol. The Morgan fingerprint density at radius 3 is 2.47 bits per heavy atom. The topological polar surface area (TPSA) is 73.1 Å². The number of rotatable bonds is 5. The third kappa shape index (κ3) is 3.58. The zero-order valence-corrected chi connectivity index (χ0v) is 9.97. The minimum atomic E-state index is -0.840. The van der Waals surface area contributed by atoms with Crippen LogP contribution in [0, 0.1) is 11.3 Å². The summed E-state index contributed by atoms with van der Waals surface area (Å²) in [4.78, 5) is 10.9. The molecule has 0 aromatic heterocycles. The van der Waals surface area contributed by atoms with Gasteiger partial charge in [-0.05, 0) is 31.0 Å². The zero-order chi connectivity index (χ0) is 12.8. The van der Waals surface area contributed by atoms with Crippen molar-refractivity contribution < 1.29 is 9.90 Å². The number of nitrogens with zero attached hydrogens (tertiary/aromatic N) is 1.